The molecular weight excluding hydrogens is 296 g/mol. The summed E-state index contributed by atoms with van der Waals surface area (Å²) in [6.07, 6.45) is 6.17. The minimum absolute atomic E-state index is 0. The molecule has 3 rings (SSSR count). The van der Waals surface area contributed by atoms with Crippen LogP contribution in [0.15, 0.2) is 24.3 Å². The first-order valence-electron chi connectivity index (χ1n) is 8.26. The standard InChI is InChI=1S/C18H26N2O.ClH/c1-12-7-9-14(10-8-12)13(2)19-18(21)17-11-15-5-3-4-6-16(15)20-17;/h7-10,13,15-17,20H,3-6,11H2,1-2H3,(H,19,21);1H. The van der Waals surface area contributed by atoms with Gasteiger partial charge in [-0.1, -0.05) is 42.7 Å². The zero-order valence-corrected chi connectivity index (χ0v) is 14.3. The fourth-order valence-corrected chi connectivity index (χ4v) is 3.77. The molecule has 1 aliphatic carbocycles. The molecule has 0 aromatic heterocycles. The summed E-state index contributed by atoms with van der Waals surface area (Å²) in [5.41, 5.74) is 2.42. The van der Waals surface area contributed by atoms with Crippen LogP contribution < -0.4 is 10.6 Å². The highest BCUT2D eigenvalue weighted by Gasteiger charge is 2.38. The van der Waals surface area contributed by atoms with E-state index < -0.39 is 0 Å². The van der Waals surface area contributed by atoms with Gasteiger partial charge in [0.2, 0.25) is 5.91 Å². The lowest BCUT2D eigenvalue weighted by molar-refractivity contribution is -0.123. The van der Waals surface area contributed by atoms with E-state index in [2.05, 4.69) is 48.7 Å². The molecule has 0 bridgehead atoms. The van der Waals surface area contributed by atoms with Crippen molar-refractivity contribution in [3.05, 3.63) is 35.4 Å². The average Bonchev–Trinajstić information content (AvgIpc) is 2.92. The predicted octanol–water partition coefficient (Wildman–Crippen LogP) is 3.51. The molecular formula is C18H27ClN2O. The minimum Gasteiger partial charge on any atom is -0.348 e. The number of halogens is 1. The van der Waals surface area contributed by atoms with Crippen LogP contribution in [0.3, 0.4) is 0 Å². The van der Waals surface area contributed by atoms with Crippen LogP contribution in [-0.4, -0.2) is 18.0 Å². The lowest BCUT2D eigenvalue weighted by Crippen LogP contribution is -2.43. The molecule has 2 aliphatic rings. The van der Waals surface area contributed by atoms with Gasteiger partial charge in [0, 0.05) is 6.04 Å². The molecule has 122 valence electrons. The van der Waals surface area contributed by atoms with Gasteiger partial charge in [-0.25, -0.2) is 0 Å². The van der Waals surface area contributed by atoms with E-state index in [1.165, 1.54) is 36.8 Å². The topological polar surface area (TPSA) is 41.1 Å². The summed E-state index contributed by atoms with van der Waals surface area (Å²) in [6.45, 7) is 4.14. The average molecular weight is 323 g/mol. The molecule has 22 heavy (non-hydrogen) atoms. The summed E-state index contributed by atoms with van der Waals surface area (Å²) in [5, 5.41) is 6.71. The Hall–Kier alpha value is -1.06. The van der Waals surface area contributed by atoms with Crippen molar-refractivity contribution in [2.75, 3.05) is 0 Å². The van der Waals surface area contributed by atoms with Crippen LogP contribution in [0.5, 0.6) is 0 Å². The second-order valence-corrected chi connectivity index (χ2v) is 6.75. The molecule has 2 fully saturated rings. The molecule has 4 unspecified atom stereocenters. The van der Waals surface area contributed by atoms with Crippen molar-refractivity contribution in [1.29, 1.82) is 0 Å². The molecule has 3 nitrogen and oxygen atoms in total. The molecule has 1 amide bonds. The van der Waals surface area contributed by atoms with E-state index in [4.69, 9.17) is 0 Å². The summed E-state index contributed by atoms with van der Waals surface area (Å²) in [5.74, 6) is 0.877. The number of nitrogens with one attached hydrogen (secondary N) is 2. The van der Waals surface area contributed by atoms with Crippen molar-refractivity contribution < 1.29 is 4.79 Å². The number of carbonyl (C=O) groups excluding carboxylic acids is 1. The maximum atomic E-state index is 12.5. The highest BCUT2D eigenvalue weighted by molar-refractivity contribution is 5.85. The van der Waals surface area contributed by atoms with Gasteiger partial charge in [-0.15, -0.1) is 12.4 Å². The quantitative estimate of drug-likeness (QED) is 0.894. The van der Waals surface area contributed by atoms with E-state index in [0.717, 1.165) is 6.42 Å². The summed E-state index contributed by atoms with van der Waals surface area (Å²) < 4.78 is 0. The first kappa shape index (κ1) is 17.3. The summed E-state index contributed by atoms with van der Waals surface area (Å²) in [6, 6.07) is 9.04. The van der Waals surface area contributed by atoms with Crippen molar-refractivity contribution >= 4 is 18.3 Å². The number of aryl methyl sites for hydroxylation is 1. The fraction of sp³-hybridized carbons (Fsp3) is 0.611. The molecule has 2 N–H and O–H groups in total. The molecule has 4 atom stereocenters. The molecule has 0 spiro atoms. The van der Waals surface area contributed by atoms with Gasteiger partial charge in [0.15, 0.2) is 0 Å². The van der Waals surface area contributed by atoms with Crippen molar-refractivity contribution in [3.63, 3.8) is 0 Å². The SMILES string of the molecule is Cc1ccc(C(C)NC(=O)C2CC3CCCCC3N2)cc1.Cl. The monoisotopic (exact) mass is 322 g/mol. The molecule has 4 heteroatoms. The molecule has 1 saturated heterocycles. The number of carbonyl (C=O) groups is 1. The maximum Gasteiger partial charge on any atom is 0.237 e. The number of hydrogen-bond acceptors (Lipinski definition) is 2. The Morgan fingerprint density at radius 1 is 1.23 bits per heavy atom. The van der Waals surface area contributed by atoms with Crippen LogP contribution in [0.4, 0.5) is 0 Å². The van der Waals surface area contributed by atoms with Crippen LogP contribution in [0.2, 0.25) is 0 Å². The zero-order chi connectivity index (χ0) is 14.8. The van der Waals surface area contributed by atoms with Crippen LogP contribution in [0.25, 0.3) is 0 Å². The third kappa shape index (κ3) is 3.82. The van der Waals surface area contributed by atoms with Crippen molar-refractivity contribution in [3.8, 4) is 0 Å². The maximum absolute atomic E-state index is 12.5. The fourth-order valence-electron chi connectivity index (χ4n) is 3.77. The van der Waals surface area contributed by atoms with Gasteiger partial charge in [-0.05, 0) is 44.6 Å². The van der Waals surface area contributed by atoms with Crippen molar-refractivity contribution in [2.24, 2.45) is 5.92 Å². The highest BCUT2D eigenvalue weighted by Crippen LogP contribution is 2.33. The van der Waals surface area contributed by atoms with E-state index in [-0.39, 0.29) is 30.4 Å². The van der Waals surface area contributed by atoms with Gasteiger partial charge in [-0.2, -0.15) is 0 Å². The van der Waals surface area contributed by atoms with Crippen LogP contribution >= 0.6 is 12.4 Å². The van der Waals surface area contributed by atoms with E-state index in [0.29, 0.717) is 12.0 Å². The molecule has 0 radical (unpaired) electrons. The third-order valence-corrected chi connectivity index (χ3v) is 5.12. The van der Waals surface area contributed by atoms with E-state index in [1.54, 1.807) is 0 Å². The summed E-state index contributed by atoms with van der Waals surface area (Å²) >= 11 is 0. The first-order chi connectivity index (χ1) is 10.1. The Balaban J connectivity index is 0.00000176. The number of fused-ring (bicyclic) bond motifs is 1. The second kappa shape index (κ2) is 7.47. The van der Waals surface area contributed by atoms with E-state index in [9.17, 15) is 4.79 Å². The zero-order valence-electron chi connectivity index (χ0n) is 13.5. The predicted molar refractivity (Wildman–Crippen MR) is 92.3 cm³/mol. The third-order valence-electron chi connectivity index (χ3n) is 5.12. The van der Waals surface area contributed by atoms with Crippen molar-refractivity contribution in [2.45, 2.75) is 64.1 Å². The van der Waals surface area contributed by atoms with Gasteiger partial charge in [-0.3, -0.25) is 4.79 Å². The number of rotatable bonds is 3. The number of amides is 1. The second-order valence-electron chi connectivity index (χ2n) is 6.75. The molecule has 1 saturated carbocycles. The Labute approximate surface area is 139 Å². The Bertz CT molecular complexity index is 488. The van der Waals surface area contributed by atoms with Crippen LogP contribution in [0.1, 0.15) is 56.2 Å². The highest BCUT2D eigenvalue weighted by atomic mass is 35.5. The molecule has 1 aromatic rings. The Morgan fingerprint density at radius 2 is 1.91 bits per heavy atom. The van der Waals surface area contributed by atoms with Crippen LogP contribution in [0, 0.1) is 12.8 Å². The Morgan fingerprint density at radius 3 is 2.59 bits per heavy atom. The molecule has 1 heterocycles. The van der Waals surface area contributed by atoms with E-state index >= 15 is 0 Å². The lowest BCUT2D eigenvalue weighted by Gasteiger charge is -2.24. The molecule has 1 aromatic carbocycles. The summed E-state index contributed by atoms with van der Waals surface area (Å²) in [4.78, 5) is 12.5. The van der Waals surface area contributed by atoms with Gasteiger partial charge >= 0.3 is 0 Å². The Kier molecular flexibility index (Phi) is 5.87. The van der Waals surface area contributed by atoms with E-state index in [1.807, 2.05) is 0 Å². The largest absolute Gasteiger partial charge is 0.348 e. The van der Waals surface area contributed by atoms with Gasteiger partial charge in [0.1, 0.15) is 0 Å². The lowest BCUT2D eigenvalue weighted by atomic mass is 9.85. The minimum atomic E-state index is 0. The van der Waals surface area contributed by atoms with Gasteiger partial charge in [0.05, 0.1) is 12.1 Å². The number of hydrogen-bond donors (Lipinski definition) is 2. The summed E-state index contributed by atoms with van der Waals surface area (Å²) in [7, 11) is 0. The van der Waals surface area contributed by atoms with Gasteiger partial charge < -0.3 is 10.6 Å². The normalized spacial score (nSPS) is 28.4. The van der Waals surface area contributed by atoms with Crippen molar-refractivity contribution in [1.82, 2.24) is 10.6 Å². The smallest absolute Gasteiger partial charge is 0.237 e. The van der Waals surface area contributed by atoms with Crippen LogP contribution in [-0.2, 0) is 4.79 Å². The van der Waals surface area contributed by atoms with Gasteiger partial charge in [0.25, 0.3) is 0 Å². The molecule has 1 aliphatic heterocycles. The number of benzene rings is 1. The first-order valence-corrected chi connectivity index (χ1v) is 8.26.